The molecule has 6 nitrogen and oxygen atoms in total. The van der Waals surface area contributed by atoms with Crippen molar-refractivity contribution in [1.29, 1.82) is 0 Å². The first-order valence-corrected chi connectivity index (χ1v) is 6.40. The fourth-order valence-corrected chi connectivity index (χ4v) is 2.67. The van der Waals surface area contributed by atoms with Crippen LogP contribution in [0.1, 0.15) is 18.9 Å². The molecule has 2 aliphatic rings. The first kappa shape index (κ1) is 12.0. The molecule has 0 spiro atoms. The molecule has 0 saturated heterocycles. The number of hydrogen-bond acceptors (Lipinski definition) is 5. The van der Waals surface area contributed by atoms with Gasteiger partial charge in [0.15, 0.2) is 5.60 Å². The van der Waals surface area contributed by atoms with E-state index < -0.39 is 5.60 Å². The van der Waals surface area contributed by atoms with E-state index in [2.05, 4.69) is 10.3 Å². The second-order valence-electron chi connectivity index (χ2n) is 4.83. The second-order valence-corrected chi connectivity index (χ2v) is 4.83. The van der Waals surface area contributed by atoms with Gasteiger partial charge in [0.25, 0.3) is 5.69 Å². The van der Waals surface area contributed by atoms with Gasteiger partial charge in [0.05, 0.1) is 11.5 Å². The minimum absolute atomic E-state index is 0.107. The van der Waals surface area contributed by atoms with E-state index in [1.807, 2.05) is 6.92 Å². The Hall–Kier alpha value is -2.11. The molecule has 19 heavy (non-hydrogen) atoms. The molecule has 100 valence electrons. The van der Waals surface area contributed by atoms with Crippen LogP contribution in [0.3, 0.4) is 0 Å². The Morgan fingerprint density at radius 1 is 1.58 bits per heavy atom. The molecule has 6 heteroatoms. The highest BCUT2D eigenvalue weighted by Crippen LogP contribution is 2.39. The number of nitrogens with one attached hydrogen (secondary N) is 1. The lowest BCUT2D eigenvalue weighted by molar-refractivity contribution is -0.384. The van der Waals surface area contributed by atoms with E-state index in [0.29, 0.717) is 6.42 Å². The molecule has 0 radical (unpaired) electrons. The van der Waals surface area contributed by atoms with Crippen molar-refractivity contribution in [2.75, 3.05) is 13.1 Å². The van der Waals surface area contributed by atoms with E-state index in [1.54, 1.807) is 12.1 Å². The quantitative estimate of drug-likeness (QED) is 0.663. The molecule has 0 fully saturated rings. The van der Waals surface area contributed by atoms with Gasteiger partial charge in [-0.15, -0.1) is 0 Å². The Bertz CT molecular complexity index is 570. The zero-order valence-electron chi connectivity index (χ0n) is 10.7. The molecular weight excluding hydrogens is 246 g/mol. The Labute approximate surface area is 110 Å². The first-order chi connectivity index (χ1) is 9.14. The number of nitrogens with zero attached hydrogens (tertiary/aromatic N) is 2. The molecule has 1 unspecified atom stereocenters. The van der Waals surface area contributed by atoms with Gasteiger partial charge in [-0.2, -0.15) is 0 Å². The maximum Gasteiger partial charge on any atom is 0.269 e. The maximum absolute atomic E-state index is 10.8. The van der Waals surface area contributed by atoms with Crippen molar-refractivity contribution < 1.29 is 9.66 Å². The summed E-state index contributed by atoms with van der Waals surface area (Å²) in [6.45, 7) is 3.64. The summed E-state index contributed by atoms with van der Waals surface area (Å²) in [7, 11) is 0. The van der Waals surface area contributed by atoms with Crippen molar-refractivity contribution in [2.45, 2.75) is 25.4 Å². The minimum atomic E-state index is -0.478. The molecule has 2 heterocycles. The Balaban J connectivity index is 1.95. The van der Waals surface area contributed by atoms with E-state index >= 15 is 0 Å². The summed E-state index contributed by atoms with van der Waals surface area (Å²) in [4.78, 5) is 14.9. The number of rotatable bonds is 3. The van der Waals surface area contributed by atoms with Crippen molar-refractivity contribution in [3.8, 4) is 5.75 Å². The minimum Gasteiger partial charge on any atom is -0.479 e. The van der Waals surface area contributed by atoms with Crippen LogP contribution >= 0.6 is 0 Å². The van der Waals surface area contributed by atoms with Crippen LogP contribution in [0.4, 0.5) is 5.69 Å². The summed E-state index contributed by atoms with van der Waals surface area (Å²) < 4.78 is 6.05. The normalized spacial score (nSPS) is 24.4. The third-order valence-electron chi connectivity index (χ3n) is 3.71. The van der Waals surface area contributed by atoms with Gasteiger partial charge < -0.3 is 10.1 Å². The summed E-state index contributed by atoms with van der Waals surface area (Å²) >= 11 is 0. The average molecular weight is 261 g/mol. The third kappa shape index (κ3) is 1.83. The van der Waals surface area contributed by atoms with Crippen LogP contribution in [-0.2, 0) is 6.42 Å². The number of fused-ring (bicyclic) bond motifs is 1. The molecule has 1 N–H and O–H groups in total. The highest BCUT2D eigenvalue weighted by atomic mass is 16.6. The highest BCUT2D eigenvalue weighted by Gasteiger charge is 2.44. The van der Waals surface area contributed by atoms with Crippen molar-refractivity contribution in [3.63, 3.8) is 0 Å². The number of amidine groups is 1. The summed E-state index contributed by atoms with van der Waals surface area (Å²) in [6, 6.07) is 4.76. The Kier molecular flexibility index (Phi) is 2.66. The van der Waals surface area contributed by atoms with Crippen LogP contribution < -0.4 is 10.1 Å². The van der Waals surface area contributed by atoms with Gasteiger partial charge in [-0.3, -0.25) is 15.1 Å². The van der Waals surface area contributed by atoms with Gasteiger partial charge in [-0.1, -0.05) is 6.92 Å². The van der Waals surface area contributed by atoms with Crippen LogP contribution in [0, 0.1) is 10.1 Å². The molecule has 0 aromatic heterocycles. The van der Waals surface area contributed by atoms with E-state index in [0.717, 1.165) is 36.7 Å². The smallest absolute Gasteiger partial charge is 0.269 e. The van der Waals surface area contributed by atoms with Crippen molar-refractivity contribution >= 4 is 11.5 Å². The van der Waals surface area contributed by atoms with Crippen LogP contribution in [0.25, 0.3) is 0 Å². The number of hydrogen-bond donors (Lipinski definition) is 1. The Morgan fingerprint density at radius 2 is 2.42 bits per heavy atom. The van der Waals surface area contributed by atoms with Gasteiger partial charge in [0.2, 0.25) is 0 Å². The van der Waals surface area contributed by atoms with Gasteiger partial charge in [0.1, 0.15) is 11.6 Å². The molecule has 0 aliphatic carbocycles. The average Bonchev–Trinajstić information content (AvgIpc) is 3.05. The zero-order chi connectivity index (χ0) is 13.5. The number of ether oxygens (including phenoxy) is 1. The lowest BCUT2D eigenvalue weighted by Crippen LogP contribution is -2.48. The van der Waals surface area contributed by atoms with Crippen molar-refractivity contribution in [3.05, 3.63) is 33.9 Å². The van der Waals surface area contributed by atoms with Gasteiger partial charge in [0, 0.05) is 30.7 Å². The van der Waals surface area contributed by atoms with Crippen LogP contribution in [0.15, 0.2) is 23.2 Å². The summed E-state index contributed by atoms with van der Waals surface area (Å²) in [6.07, 6.45) is 1.41. The summed E-state index contributed by atoms with van der Waals surface area (Å²) in [5, 5.41) is 14.1. The van der Waals surface area contributed by atoms with Crippen molar-refractivity contribution in [1.82, 2.24) is 5.32 Å². The van der Waals surface area contributed by atoms with Gasteiger partial charge >= 0.3 is 0 Å². The first-order valence-electron chi connectivity index (χ1n) is 6.40. The number of nitro groups is 1. The number of aliphatic imine (C=N–C) groups is 1. The number of non-ortho nitro benzene ring substituents is 1. The van der Waals surface area contributed by atoms with Crippen molar-refractivity contribution in [2.24, 2.45) is 4.99 Å². The SMILES string of the molecule is CCC1(C2=NCCN2)Cc2cc([N+](=O)[O-])ccc2O1. The fourth-order valence-electron chi connectivity index (χ4n) is 2.67. The third-order valence-corrected chi connectivity index (χ3v) is 3.71. The van der Waals surface area contributed by atoms with Crippen LogP contribution in [0.2, 0.25) is 0 Å². The standard InChI is InChI=1S/C13H15N3O3/c1-2-13(12-14-5-6-15-12)8-9-7-10(16(17)18)3-4-11(9)19-13/h3-4,7H,2,5-6,8H2,1H3,(H,14,15). The predicted molar refractivity (Wildman–Crippen MR) is 70.8 cm³/mol. The van der Waals surface area contributed by atoms with Gasteiger partial charge in [-0.25, -0.2) is 0 Å². The molecule has 0 amide bonds. The van der Waals surface area contributed by atoms with Crippen LogP contribution in [0.5, 0.6) is 5.75 Å². The lowest BCUT2D eigenvalue weighted by atomic mass is 9.93. The fraction of sp³-hybridized carbons (Fsp3) is 0.462. The van der Waals surface area contributed by atoms with E-state index in [1.165, 1.54) is 6.07 Å². The topological polar surface area (TPSA) is 76.8 Å². The largest absolute Gasteiger partial charge is 0.479 e. The number of benzene rings is 1. The predicted octanol–water partition coefficient (Wildman–Crippen LogP) is 1.68. The summed E-state index contributed by atoms with van der Waals surface area (Å²) in [5.74, 6) is 1.60. The second kappa shape index (κ2) is 4.22. The molecule has 0 bridgehead atoms. The van der Waals surface area contributed by atoms with Gasteiger partial charge in [-0.05, 0) is 12.5 Å². The van der Waals surface area contributed by atoms with E-state index in [-0.39, 0.29) is 10.6 Å². The van der Waals surface area contributed by atoms with E-state index in [4.69, 9.17) is 4.74 Å². The molecule has 2 aliphatic heterocycles. The molecule has 1 aromatic rings. The molecule has 0 saturated carbocycles. The van der Waals surface area contributed by atoms with E-state index in [9.17, 15) is 10.1 Å². The van der Waals surface area contributed by atoms with Crippen LogP contribution in [-0.4, -0.2) is 29.4 Å². The molecule has 3 rings (SSSR count). The Morgan fingerprint density at radius 3 is 3.05 bits per heavy atom. The molecule has 1 atom stereocenters. The maximum atomic E-state index is 10.8. The highest BCUT2D eigenvalue weighted by molar-refractivity contribution is 5.93. The zero-order valence-corrected chi connectivity index (χ0v) is 10.7. The lowest BCUT2D eigenvalue weighted by Gasteiger charge is -2.27. The molecule has 1 aromatic carbocycles. The monoisotopic (exact) mass is 261 g/mol. The molecular formula is C13H15N3O3. The summed E-state index contributed by atoms with van der Waals surface area (Å²) in [5.41, 5.74) is 0.511. The number of nitro benzene ring substituents is 1.